The van der Waals surface area contributed by atoms with E-state index in [4.69, 9.17) is 0 Å². The van der Waals surface area contributed by atoms with Crippen molar-refractivity contribution in [3.63, 3.8) is 0 Å². The van der Waals surface area contributed by atoms with Crippen LogP contribution in [0.4, 0.5) is 19.4 Å². The molecule has 1 aromatic carbocycles. The Morgan fingerprint density at radius 3 is 2.50 bits per heavy atom. The molecule has 2 aromatic rings. The standard InChI is InChI=1S/C19H21F2N5O2/c1-12(27)26-7-5-14(6-8-26)25(2)19(28)24-18-11-22-17(10-23-18)15-9-13(20)3-4-16(15)21/h3-4,9-11,14H,5-8H2,1-2H3,(H,23,24,28). The number of piperidine rings is 1. The molecule has 1 saturated heterocycles. The fraction of sp³-hybridized carbons (Fsp3) is 0.368. The van der Waals surface area contributed by atoms with Gasteiger partial charge in [-0.05, 0) is 31.0 Å². The summed E-state index contributed by atoms with van der Waals surface area (Å²) in [6.07, 6.45) is 3.97. The van der Waals surface area contributed by atoms with Crippen molar-refractivity contribution >= 4 is 17.8 Å². The van der Waals surface area contributed by atoms with Crippen molar-refractivity contribution in [3.8, 4) is 11.3 Å². The Balaban J connectivity index is 1.61. The molecule has 28 heavy (non-hydrogen) atoms. The number of nitrogens with one attached hydrogen (secondary N) is 1. The van der Waals surface area contributed by atoms with E-state index in [1.807, 2.05) is 0 Å². The number of benzene rings is 1. The molecule has 2 heterocycles. The van der Waals surface area contributed by atoms with Crippen molar-refractivity contribution in [1.29, 1.82) is 0 Å². The summed E-state index contributed by atoms with van der Waals surface area (Å²) in [5.41, 5.74) is 0.166. The third-order valence-electron chi connectivity index (χ3n) is 4.87. The number of halogens is 2. The Bertz CT molecular complexity index is 867. The minimum Gasteiger partial charge on any atom is -0.343 e. The van der Waals surface area contributed by atoms with Crippen LogP contribution >= 0.6 is 0 Å². The number of carbonyl (C=O) groups is 2. The Kier molecular flexibility index (Phi) is 5.81. The Labute approximate surface area is 161 Å². The quantitative estimate of drug-likeness (QED) is 0.876. The monoisotopic (exact) mass is 389 g/mol. The number of carbonyl (C=O) groups excluding carboxylic acids is 2. The number of anilines is 1. The van der Waals surface area contributed by atoms with E-state index in [-0.39, 0.29) is 35.1 Å². The lowest BCUT2D eigenvalue weighted by molar-refractivity contribution is -0.130. The van der Waals surface area contributed by atoms with Crippen LogP contribution in [0.15, 0.2) is 30.6 Å². The summed E-state index contributed by atoms with van der Waals surface area (Å²) in [6, 6.07) is 2.76. The molecule has 0 saturated carbocycles. The summed E-state index contributed by atoms with van der Waals surface area (Å²) in [5, 5.41) is 2.64. The number of nitrogens with zero attached hydrogens (tertiary/aromatic N) is 4. The Morgan fingerprint density at radius 2 is 1.89 bits per heavy atom. The Morgan fingerprint density at radius 1 is 1.18 bits per heavy atom. The molecule has 1 aliphatic rings. The number of hydrogen-bond donors (Lipinski definition) is 1. The van der Waals surface area contributed by atoms with Gasteiger partial charge < -0.3 is 9.80 Å². The predicted molar refractivity (Wildman–Crippen MR) is 99.4 cm³/mol. The smallest absolute Gasteiger partial charge is 0.323 e. The second kappa shape index (κ2) is 8.28. The molecule has 0 spiro atoms. The molecule has 0 radical (unpaired) electrons. The van der Waals surface area contributed by atoms with Gasteiger partial charge in [0.25, 0.3) is 0 Å². The van der Waals surface area contributed by atoms with E-state index in [0.29, 0.717) is 25.9 Å². The molecule has 0 unspecified atom stereocenters. The highest BCUT2D eigenvalue weighted by atomic mass is 19.1. The molecule has 1 aromatic heterocycles. The lowest BCUT2D eigenvalue weighted by Crippen LogP contribution is -2.48. The van der Waals surface area contributed by atoms with E-state index >= 15 is 0 Å². The SMILES string of the molecule is CC(=O)N1CCC(N(C)C(=O)Nc2cnc(-c3cc(F)ccc3F)cn2)CC1. The second-order valence-electron chi connectivity index (χ2n) is 6.69. The number of rotatable bonds is 3. The average molecular weight is 389 g/mol. The van der Waals surface area contributed by atoms with Crippen LogP contribution in [0.25, 0.3) is 11.3 Å². The summed E-state index contributed by atoms with van der Waals surface area (Å²) in [7, 11) is 1.69. The summed E-state index contributed by atoms with van der Waals surface area (Å²) in [4.78, 5) is 35.3. The lowest BCUT2D eigenvalue weighted by Gasteiger charge is -2.36. The fourth-order valence-corrected chi connectivity index (χ4v) is 3.16. The van der Waals surface area contributed by atoms with E-state index in [1.54, 1.807) is 16.8 Å². The number of hydrogen-bond acceptors (Lipinski definition) is 4. The fourth-order valence-electron chi connectivity index (χ4n) is 3.16. The lowest BCUT2D eigenvalue weighted by atomic mass is 10.0. The van der Waals surface area contributed by atoms with Gasteiger partial charge in [-0.15, -0.1) is 0 Å². The maximum Gasteiger partial charge on any atom is 0.323 e. The van der Waals surface area contributed by atoms with Gasteiger partial charge >= 0.3 is 6.03 Å². The normalized spacial score (nSPS) is 14.6. The van der Waals surface area contributed by atoms with Crippen LogP contribution in [0.1, 0.15) is 19.8 Å². The van der Waals surface area contributed by atoms with Crippen LogP contribution < -0.4 is 5.32 Å². The zero-order valence-electron chi connectivity index (χ0n) is 15.7. The molecule has 3 rings (SSSR count). The van der Waals surface area contributed by atoms with Gasteiger partial charge in [-0.2, -0.15) is 0 Å². The molecule has 1 N–H and O–H groups in total. The van der Waals surface area contributed by atoms with Crippen molar-refractivity contribution < 1.29 is 18.4 Å². The van der Waals surface area contributed by atoms with E-state index in [9.17, 15) is 18.4 Å². The van der Waals surface area contributed by atoms with Gasteiger partial charge in [0.2, 0.25) is 5.91 Å². The topological polar surface area (TPSA) is 78.4 Å². The van der Waals surface area contributed by atoms with E-state index < -0.39 is 11.6 Å². The van der Waals surface area contributed by atoms with Gasteiger partial charge in [-0.3, -0.25) is 15.1 Å². The first kappa shape index (κ1) is 19.7. The van der Waals surface area contributed by atoms with Gasteiger partial charge in [0.15, 0.2) is 5.82 Å². The molecule has 1 fully saturated rings. The first-order chi connectivity index (χ1) is 13.3. The molecule has 0 aliphatic carbocycles. The van der Waals surface area contributed by atoms with Crippen LogP contribution in [0.3, 0.4) is 0 Å². The molecule has 3 amide bonds. The maximum atomic E-state index is 13.8. The van der Waals surface area contributed by atoms with Crippen LogP contribution in [0, 0.1) is 11.6 Å². The molecule has 148 valence electrons. The van der Waals surface area contributed by atoms with Crippen LogP contribution in [0.2, 0.25) is 0 Å². The highest BCUT2D eigenvalue weighted by Gasteiger charge is 2.26. The van der Waals surface area contributed by atoms with Crippen molar-refractivity contribution in [2.24, 2.45) is 0 Å². The van der Waals surface area contributed by atoms with E-state index in [0.717, 1.165) is 18.2 Å². The van der Waals surface area contributed by atoms with Gasteiger partial charge in [0.05, 0.1) is 18.1 Å². The van der Waals surface area contributed by atoms with Gasteiger partial charge in [0.1, 0.15) is 11.6 Å². The van der Waals surface area contributed by atoms with E-state index in [2.05, 4.69) is 15.3 Å². The molecular formula is C19H21F2N5O2. The third-order valence-corrected chi connectivity index (χ3v) is 4.87. The first-order valence-corrected chi connectivity index (χ1v) is 8.92. The van der Waals surface area contributed by atoms with Crippen LogP contribution in [0.5, 0.6) is 0 Å². The average Bonchev–Trinajstić information content (AvgIpc) is 2.70. The van der Waals surface area contributed by atoms with Crippen molar-refractivity contribution in [2.45, 2.75) is 25.8 Å². The van der Waals surface area contributed by atoms with Crippen molar-refractivity contribution in [2.75, 3.05) is 25.5 Å². The highest BCUT2D eigenvalue weighted by Crippen LogP contribution is 2.22. The largest absolute Gasteiger partial charge is 0.343 e. The number of likely N-dealkylation sites (tertiary alicyclic amines) is 1. The van der Waals surface area contributed by atoms with Gasteiger partial charge in [-0.1, -0.05) is 0 Å². The minimum absolute atomic E-state index is 0.000254. The van der Waals surface area contributed by atoms with Gasteiger partial charge in [0, 0.05) is 38.7 Å². The Hall–Kier alpha value is -3.10. The van der Waals surface area contributed by atoms with Gasteiger partial charge in [-0.25, -0.2) is 18.6 Å². The molecule has 0 bridgehead atoms. The maximum absolute atomic E-state index is 13.8. The summed E-state index contributed by atoms with van der Waals surface area (Å²) < 4.78 is 27.1. The third kappa shape index (κ3) is 4.41. The van der Waals surface area contributed by atoms with Crippen LogP contribution in [-0.4, -0.2) is 57.9 Å². The summed E-state index contributed by atoms with van der Waals surface area (Å²) in [6.45, 7) is 2.77. The summed E-state index contributed by atoms with van der Waals surface area (Å²) in [5.74, 6) is -0.939. The van der Waals surface area contributed by atoms with E-state index in [1.165, 1.54) is 19.3 Å². The number of aromatic nitrogens is 2. The molecule has 0 atom stereocenters. The summed E-state index contributed by atoms with van der Waals surface area (Å²) >= 11 is 0. The zero-order chi connectivity index (χ0) is 20.3. The first-order valence-electron chi connectivity index (χ1n) is 8.92. The zero-order valence-corrected chi connectivity index (χ0v) is 15.7. The second-order valence-corrected chi connectivity index (χ2v) is 6.69. The van der Waals surface area contributed by atoms with Crippen molar-refractivity contribution in [1.82, 2.24) is 19.8 Å². The molecule has 9 heteroatoms. The predicted octanol–water partition coefficient (Wildman–Crippen LogP) is 2.90. The van der Waals surface area contributed by atoms with Crippen molar-refractivity contribution in [3.05, 3.63) is 42.2 Å². The number of amides is 3. The molecular weight excluding hydrogens is 368 g/mol. The number of urea groups is 1. The highest BCUT2D eigenvalue weighted by molar-refractivity contribution is 5.88. The molecule has 1 aliphatic heterocycles. The molecule has 7 nitrogen and oxygen atoms in total. The van der Waals surface area contributed by atoms with Crippen LogP contribution in [-0.2, 0) is 4.79 Å². The minimum atomic E-state index is -0.607.